The van der Waals surface area contributed by atoms with Crippen LogP contribution in [-0.4, -0.2) is 46.0 Å². The molecule has 0 rings (SSSR count). The van der Waals surface area contributed by atoms with Crippen LogP contribution in [0.2, 0.25) is 0 Å². The molecule has 0 aromatic heterocycles. The smallest absolute Gasteiger partial charge is 0.326 e. The molecule has 7 N–H and O–H groups in total. The van der Waals surface area contributed by atoms with Crippen molar-refractivity contribution in [1.29, 1.82) is 0 Å². The Morgan fingerprint density at radius 1 is 1.17 bits per heavy atom. The van der Waals surface area contributed by atoms with Crippen molar-refractivity contribution >= 4 is 23.8 Å². The molecule has 0 aliphatic carbocycles. The summed E-state index contributed by atoms with van der Waals surface area (Å²) in [5.41, 5.74) is 10.1. The minimum atomic E-state index is -1.35. The first-order chi connectivity index (χ1) is 8.23. The Hall–Kier alpha value is -2.16. The quantitative estimate of drug-likeness (QED) is 0.324. The zero-order chi connectivity index (χ0) is 14.3. The monoisotopic (exact) mass is 261 g/mol. The van der Waals surface area contributed by atoms with Crippen LogP contribution in [-0.2, 0) is 19.2 Å². The Labute approximate surface area is 102 Å². The second kappa shape index (κ2) is 7.22. The zero-order valence-corrected chi connectivity index (χ0v) is 9.46. The number of carboxylic acid groups (broad SMARTS) is 2. The lowest BCUT2D eigenvalue weighted by Gasteiger charge is -2.16. The number of primary amides is 1. The summed E-state index contributed by atoms with van der Waals surface area (Å²) in [5, 5.41) is 19.2. The summed E-state index contributed by atoms with van der Waals surface area (Å²) in [6.45, 7) is 0. The summed E-state index contributed by atoms with van der Waals surface area (Å²) in [6.07, 6.45) is -1.02. The minimum Gasteiger partial charge on any atom is -0.481 e. The fraction of sp³-hybridized carbons (Fsp3) is 0.556. The van der Waals surface area contributed by atoms with Gasteiger partial charge >= 0.3 is 11.9 Å². The number of aliphatic carboxylic acids is 2. The van der Waals surface area contributed by atoms with Crippen LogP contribution in [0, 0.1) is 0 Å². The van der Waals surface area contributed by atoms with Crippen molar-refractivity contribution in [1.82, 2.24) is 5.32 Å². The highest BCUT2D eigenvalue weighted by Crippen LogP contribution is 1.99. The van der Waals surface area contributed by atoms with Crippen LogP contribution in [0.1, 0.15) is 19.3 Å². The Kier molecular flexibility index (Phi) is 6.35. The van der Waals surface area contributed by atoms with Gasteiger partial charge in [-0.15, -0.1) is 0 Å². The van der Waals surface area contributed by atoms with Gasteiger partial charge in [0.05, 0.1) is 12.5 Å². The molecule has 102 valence electrons. The molecule has 0 radical (unpaired) electrons. The van der Waals surface area contributed by atoms with Gasteiger partial charge in [0.15, 0.2) is 0 Å². The first-order valence-corrected chi connectivity index (χ1v) is 5.03. The lowest BCUT2D eigenvalue weighted by Crippen LogP contribution is -2.49. The highest BCUT2D eigenvalue weighted by atomic mass is 16.4. The number of hydrogen-bond acceptors (Lipinski definition) is 5. The number of amides is 2. The molecule has 2 atom stereocenters. The molecule has 0 aromatic carbocycles. The van der Waals surface area contributed by atoms with Gasteiger partial charge in [0.1, 0.15) is 6.04 Å². The van der Waals surface area contributed by atoms with E-state index in [4.69, 9.17) is 21.7 Å². The van der Waals surface area contributed by atoms with E-state index in [1.54, 1.807) is 0 Å². The van der Waals surface area contributed by atoms with Crippen molar-refractivity contribution < 1.29 is 29.4 Å². The third-order valence-electron chi connectivity index (χ3n) is 2.03. The van der Waals surface area contributed by atoms with Crippen molar-refractivity contribution in [2.24, 2.45) is 11.5 Å². The summed E-state index contributed by atoms with van der Waals surface area (Å²) in [5.74, 6) is -4.24. The van der Waals surface area contributed by atoms with E-state index in [-0.39, 0.29) is 12.8 Å². The van der Waals surface area contributed by atoms with Gasteiger partial charge in [0.25, 0.3) is 0 Å². The number of carboxylic acids is 2. The van der Waals surface area contributed by atoms with Gasteiger partial charge < -0.3 is 27.0 Å². The standard InChI is InChI=1S/C9H15N3O6/c10-4(3-7(14)15)8(16)12-5(9(17)18)1-2-6(11)13/h4-5H,1-3,10H2,(H2,11,13)(H,12,16)(H,14,15)(H,17,18). The van der Waals surface area contributed by atoms with Crippen molar-refractivity contribution in [3.8, 4) is 0 Å². The maximum Gasteiger partial charge on any atom is 0.326 e. The van der Waals surface area contributed by atoms with Gasteiger partial charge in [-0.3, -0.25) is 14.4 Å². The van der Waals surface area contributed by atoms with Gasteiger partial charge in [0.2, 0.25) is 11.8 Å². The van der Waals surface area contributed by atoms with E-state index >= 15 is 0 Å². The first-order valence-electron chi connectivity index (χ1n) is 5.03. The number of carbonyl (C=O) groups is 4. The van der Waals surface area contributed by atoms with Crippen LogP contribution in [0.15, 0.2) is 0 Å². The third-order valence-corrected chi connectivity index (χ3v) is 2.03. The molecular formula is C9H15N3O6. The van der Waals surface area contributed by atoms with Gasteiger partial charge in [-0.25, -0.2) is 4.79 Å². The SMILES string of the molecule is NC(=O)CCC(NC(=O)C(N)CC(=O)O)C(=O)O. The van der Waals surface area contributed by atoms with E-state index in [2.05, 4.69) is 0 Å². The van der Waals surface area contributed by atoms with E-state index in [9.17, 15) is 19.2 Å². The van der Waals surface area contributed by atoms with Crippen LogP contribution < -0.4 is 16.8 Å². The fourth-order valence-electron chi connectivity index (χ4n) is 1.10. The summed E-state index contributed by atoms with van der Waals surface area (Å²) < 4.78 is 0. The Balaban J connectivity index is 4.40. The average Bonchev–Trinajstić information content (AvgIpc) is 2.21. The van der Waals surface area contributed by atoms with E-state index in [1.807, 2.05) is 5.32 Å². The summed E-state index contributed by atoms with van der Waals surface area (Å²) in [6, 6.07) is -2.68. The number of rotatable bonds is 8. The van der Waals surface area contributed by atoms with Gasteiger partial charge in [-0.05, 0) is 6.42 Å². The van der Waals surface area contributed by atoms with Crippen molar-refractivity contribution in [3.05, 3.63) is 0 Å². The van der Waals surface area contributed by atoms with E-state index in [0.717, 1.165) is 0 Å². The second-order valence-electron chi connectivity index (χ2n) is 3.61. The lowest BCUT2D eigenvalue weighted by molar-refractivity contribution is -0.142. The largest absolute Gasteiger partial charge is 0.481 e. The van der Waals surface area contributed by atoms with Crippen LogP contribution in [0.3, 0.4) is 0 Å². The Morgan fingerprint density at radius 2 is 1.72 bits per heavy atom. The molecule has 0 fully saturated rings. The molecule has 0 heterocycles. The topological polar surface area (TPSA) is 173 Å². The maximum absolute atomic E-state index is 11.4. The normalized spacial score (nSPS) is 13.4. The summed E-state index contributed by atoms with van der Waals surface area (Å²) in [4.78, 5) is 42.9. The second-order valence-corrected chi connectivity index (χ2v) is 3.61. The van der Waals surface area contributed by atoms with Crippen LogP contribution in [0.5, 0.6) is 0 Å². The van der Waals surface area contributed by atoms with Gasteiger partial charge in [0, 0.05) is 6.42 Å². The highest BCUT2D eigenvalue weighted by Gasteiger charge is 2.24. The fourth-order valence-corrected chi connectivity index (χ4v) is 1.10. The van der Waals surface area contributed by atoms with E-state index < -0.39 is 42.3 Å². The lowest BCUT2D eigenvalue weighted by atomic mass is 10.1. The maximum atomic E-state index is 11.4. The van der Waals surface area contributed by atoms with Crippen LogP contribution in [0.25, 0.3) is 0 Å². The molecule has 0 saturated carbocycles. The zero-order valence-electron chi connectivity index (χ0n) is 9.46. The Morgan fingerprint density at radius 3 is 2.11 bits per heavy atom. The predicted molar refractivity (Wildman–Crippen MR) is 58.2 cm³/mol. The predicted octanol–water partition coefficient (Wildman–Crippen LogP) is -2.38. The van der Waals surface area contributed by atoms with Gasteiger partial charge in [-0.1, -0.05) is 0 Å². The molecule has 2 amide bonds. The van der Waals surface area contributed by atoms with Crippen molar-refractivity contribution in [2.45, 2.75) is 31.3 Å². The Bertz CT molecular complexity index is 356. The molecule has 18 heavy (non-hydrogen) atoms. The van der Waals surface area contributed by atoms with Crippen LogP contribution >= 0.6 is 0 Å². The molecule has 9 nitrogen and oxygen atoms in total. The summed E-state index contributed by atoms with van der Waals surface area (Å²) >= 11 is 0. The average molecular weight is 261 g/mol. The summed E-state index contributed by atoms with van der Waals surface area (Å²) in [7, 11) is 0. The number of nitrogens with two attached hydrogens (primary N) is 2. The minimum absolute atomic E-state index is 0.184. The molecule has 0 aromatic rings. The molecular weight excluding hydrogens is 246 g/mol. The molecule has 0 spiro atoms. The van der Waals surface area contributed by atoms with E-state index in [0.29, 0.717) is 0 Å². The van der Waals surface area contributed by atoms with Crippen molar-refractivity contribution in [2.75, 3.05) is 0 Å². The first kappa shape index (κ1) is 15.8. The molecule has 0 bridgehead atoms. The van der Waals surface area contributed by atoms with Gasteiger partial charge in [-0.2, -0.15) is 0 Å². The molecule has 0 aliphatic heterocycles. The number of carbonyl (C=O) groups excluding carboxylic acids is 2. The molecule has 9 heteroatoms. The number of nitrogens with one attached hydrogen (secondary N) is 1. The molecule has 0 aliphatic rings. The molecule has 2 unspecified atom stereocenters. The third kappa shape index (κ3) is 6.43. The van der Waals surface area contributed by atoms with Crippen LogP contribution in [0.4, 0.5) is 0 Å². The molecule has 0 saturated heterocycles. The number of hydrogen-bond donors (Lipinski definition) is 5. The van der Waals surface area contributed by atoms with Crippen molar-refractivity contribution in [3.63, 3.8) is 0 Å². The van der Waals surface area contributed by atoms with E-state index in [1.165, 1.54) is 0 Å². The highest BCUT2D eigenvalue weighted by molar-refractivity contribution is 5.89.